The van der Waals surface area contributed by atoms with E-state index in [4.69, 9.17) is 10.5 Å². The zero-order chi connectivity index (χ0) is 24.9. The van der Waals surface area contributed by atoms with Gasteiger partial charge in [0.1, 0.15) is 17.3 Å². The Bertz CT molecular complexity index is 1090. The molecule has 6 nitrogen and oxygen atoms in total. The summed E-state index contributed by atoms with van der Waals surface area (Å²) in [4.78, 5) is 0. The Labute approximate surface area is 207 Å². The zero-order valence-electron chi connectivity index (χ0n) is 20.0. The molecular weight excluding hydrogens is 442 g/mol. The summed E-state index contributed by atoms with van der Waals surface area (Å²) in [7, 11) is 0. The Hall–Kier alpha value is -3.84. The lowest BCUT2D eigenvalue weighted by Crippen LogP contribution is -2.20. The van der Waals surface area contributed by atoms with Gasteiger partial charge in [-0.3, -0.25) is 5.43 Å². The maximum Gasteiger partial charge on any atom is 0.146 e. The van der Waals surface area contributed by atoms with Crippen molar-refractivity contribution in [3.8, 4) is 5.75 Å². The van der Waals surface area contributed by atoms with Gasteiger partial charge in [-0.2, -0.15) is 5.10 Å². The largest absolute Gasteiger partial charge is 0.462 e. The number of amidine groups is 1. The average molecular weight is 476 g/mol. The molecule has 1 aliphatic heterocycles. The fourth-order valence-electron chi connectivity index (χ4n) is 3.02. The average Bonchev–Trinajstić information content (AvgIpc) is 2.89. The first-order chi connectivity index (χ1) is 16.4. The smallest absolute Gasteiger partial charge is 0.146 e. The fraction of sp³-hybridized carbons (Fsp3) is 0.148. The topological polar surface area (TPSA) is 83.7 Å². The third-order valence-electron chi connectivity index (χ3n) is 4.86. The van der Waals surface area contributed by atoms with Crippen molar-refractivity contribution in [3.63, 3.8) is 0 Å². The standard InChI is InChI=1S/C27H33N5OS/c1-7-9-10-11-20(4)33-24-14-12-22(13-15-24)25-17-29-26(18-30-31-27(28)21(25)5)19(3)16-23(8-2)32-34-6/h7-16,18,29-30,32H,1-3,17H2,4-6H3,(H2,28,31)/b10-9-,20-11+,23-16+,25-21-,26-18+. The van der Waals surface area contributed by atoms with Crippen LogP contribution in [0.2, 0.25) is 0 Å². The van der Waals surface area contributed by atoms with Gasteiger partial charge in [0.2, 0.25) is 0 Å². The van der Waals surface area contributed by atoms with Gasteiger partial charge in [-0.1, -0.05) is 62.0 Å². The van der Waals surface area contributed by atoms with Crippen molar-refractivity contribution in [2.24, 2.45) is 10.8 Å². The van der Waals surface area contributed by atoms with Gasteiger partial charge in [0.15, 0.2) is 0 Å². The maximum atomic E-state index is 6.23. The summed E-state index contributed by atoms with van der Waals surface area (Å²) in [5.74, 6) is 1.95. The summed E-state index contributed by atoms with van der Waals surface area (Å²) in [6.45, 7) is 16.1. The first kappa shape index (κ1) is 26.4. The lowest BCUT2D eigenvalue weighted by Gasteiger charge is -2.16. The van der Waals surface area contributed by atoms with E-state index in [9.17, 15) is 0 Å². The van der Waals surface area contributed by atoms with Gasteiger partial charge >= 0.3 is 0 Å². The second kappa shape index (κ2) is 13.6. The SMILES string of the molecule is C=C/C=C\C=C(/C)Oc1ccc(/C2=C(C)\C(N)=N/N/C=C(\C(=C)/C=C(\C=C)NSC)NC2)cc1. The van der Waals surface area contributed by atoms with Crippen molar-refractivity contribution in [3.05, 3.63) is 121 Å². The van der Waals surface area contributed by atoms with E-state index in [-0.39, 0.29) is 0 Å². The minimum atomic E-state index is 0.416. The second-order valence-electron chi connectivity index (χ2n) is 7.30. The molecule has 1 heterocycles. The van der Waals surface area contributed by atoms with Gasteiger partial charge in [-0.15, -0.1) is 0 Å². The number of rotatable bonds is 10. The Morgan fingerprint density at radius 2 is 1.97 bits per heavy atom. The van der Waals surface area contributed by atoms with E-state index in [0.29, 0.717) is 12.4 Å². The van der Waals surface area contributed by atoms with Gasteiger partial charge in [0, 0.05) is 24.7 Å². The molecule has 34 heavy (non-hydrogen) atoms. The molecule has 7 heteroatoms. The lowest BCUT2D eigenvalue weighted by molar-refractivity contribution is 0.428. The molecule has 0 unspecified atom stereocenters. The molecule has 0 fully saturated rings. The number of allylic oxidation sites excluding steroid dienone is 7. The monoisotopic (exact) mass is 475 g/mol. The number of hydrazone groups is 1. The van der Waals surface area contributed by atoms with E-state index < -0.39 is 0 Å². The first-order valence-corrected chi connectivity index (χ1v) is 11.9. The van der Waals surface area contributed by atoms with Crippen molar-refractivity contribution >= 4 is 23.4 Å². The molecule has 1 aliphatic rings. The highest BCUT2D eigenvalue weighted by molar-refractivity contribution is 7.96. The number of benzene rings is 1. The number of nitrogens with one attached hydrogen (secondary N) is 3. The van der Waals surface area contributed by atoms with Crippen LogP contribution in [0.4, 0.5) is 0 Å². The molecule has 1 aromatic rings. The van der Waals surface area contributed by atoms with Crippen LogP contribution in [-0.4, -0.2) is 18.6 Å². The summed E-state index contributed by atoms with van der Waals surface area (Å²) in [5.41, 5.74) is 14.5. The van der Waals surface area contributed by atoms with E-state index in [0.717, 1.165) is 45.2 Å². The van der Waals surface area contributed by atoms with Crippen molar-refractivity contribution in [2.45, 2.75) is 13.8 Å². The van der Waals surface area contributed by atoms with Gasteiger partial charge in [0.25, 0.3) is 0 Å². The Morgan fingerprint density at radius 3 is 2.62 bits per heavy atom. The van der Waals surface area contributed by atoms with Crippen LogP contribution in [-0.2, 0) is 0 Å². The summed E-state index contributed by atoms with van der Waals surface area (Å²) >= 11 is 1.49. The van der Waals surface area contributed by atoms with E-state index >= 15 is 0 Å². The summed E-state index contributed by atoms with van der Waals surface area (Å²) in [5, 5.41) is 7.73. The Morgan fingerprint density at radius 1 is 1.24 bits per heavy atom. The van der Waals surface area contributed by atoms with Crippen LogP contribution in [0.1, 0.15) is 19.4 Å². The third kappa shape index (κ3) is 7.94. The quantitative estimate of drug-likeness (QED) is 0.209. The van der Waals surface area contributed by atoms with E-state index in [1.165, 1.54) is 11.9 Å². The summed E-state index contributed by atoms with van der Waals surface area (Å²) in [6, 6.07) is 7.89. The normalized spacial score (nSPS) is 20.3. The predicted octanol–water partition coefficient (Wildman–Crippen LogP) is 5.29. The number of nitrogens with two attached hydrogens (primary N) is 1. The number of hydrogen-bond donors (Lipinski definition) is 4. The van der Waals surface area contributed by atoms with Crippen LogP contribution in [0.5, 0.6) is 5.75 Å². The molecule has 178 valence electrons. The predicted molar refractivity (Wildman–Crippen MR) is 148 cm³/mol. The summed E-state index contributed by atoms with van der Waals surface area (Å²) in [6.07, 6.45) is 14.7. The molecule has 0 aromatic heterocycles. The van der Waals surface area contributed by atoms with E-state index in [1.54, 1.807) is 18.4 Å². The lowest BCUT2D eigenvalue weighted by atomic mass is 9.99. The minimum Gasteiger partial charge on any atom is -0.462 e. The highest BCUT2D eigenvalue weighted by Gasteiger charge is 2.13. The van der Waals surface area contributed by atoms with Crippen LogP contribution >= 0.6 is 11.9 Å². The molecule has 2 rings (SSSR count). The highest BCUT2D eigenvalue weighted by Crippen LogP contribution is 2.24. The maximum absolute atomic E-state index is 6.23. The number of ether oxygens (including phenoxy) is 1. The number of hydrogen-bond acceptors (Lipinski definition) is 7. The fourth-order valence-corrected chi connectivity index (χ4v) is 3.40. The van der Waals surface area contributed by atoms with Crippen LogP contribution in [0.25, 0.3) is 5.57 Å². The minimum absolute atomic E-state index is 0.416. The molecule has 0 amide bonds. The van der Waals surface area contributed by atoms with Gasteiger partial charge < -0.3 is 20.5 Å². The first-order valence-electron chi connectivity index (χ1n) is 10.7. The van der Waals surface area contributed by atoms with Gasteiger partial charge in [0.05, 0.1) is 5.70 Å². The van der Waals surface area contributed by atoms with Gasteiger partial charge in [-0.25, -0.2) is 0 Å². The second-order valence-corrected chi connectivity index (χ2v) is 7.91. The van der Waals surface area contributed by atoms with Crippen molar-refractivity contribution in [1.82, 2.24) is 15.5 Å². The number of nitrogens with zero attached hydrogens (tertiary/aromatic N) is 1. The van der Waals surface area contributed by atoms with Crippen molar-refractivity contribution < 1.29 is 4.74 Å². The molecule has 5 N–H and O–H groups in total. The molecule has 1 aromatic carbocycles. The van der Waals surface area contributed by atoms with Crippen molar-refractivity contribution in [2.75, 3.05) is 12.8 Å². The third-order valence-corrected chi connectivity index (χ3v) is 5.30. The van der Waals surface area contributed by atoms with Crippen LogP contribution in [0, 0.1) is 0 Å². The van der Waals surface area contributed by atoms with E-state index in [1.807, 2.05) is 68.7 Å². The molecule has 0 aliphatic carbocycles. The van der Waals surface area contributed by atoms with Crippen molar-refractivity contribution in [1.29, 1.82) is 0 Å². The summed E-state index contributed by atoms with van der Waals surface area (Å²) < 4.78 is 9.04. The van der Waals surface area contributed by atoms with Crippen LogP contribution < -0.4 is 25.9 Å². The van der Waals surface area contributed by atoms with Crippen LogP contribution in [0.15, 0.2) is 120 Å². The molecule has 0 saturated heterocycles. The van der Waals surface area contributed by atoms with E-state index in [2.05, 4.69) is 40.3 Å². The zero-order valence-corrected chi connectivity index (χ0v) is 20.8. The van der Waals surface area contributed by atoms with Crippen LogP contribution in [0.3, 0.4) is 0 Å². The molecule has 0 saturated carbocycles. The Kier molecular flexibility index (Phi) is 10.6. The molecule has 0 spiro atoms. The molecule has 0 radical (unpaired) electrons. The molecule has 0 atom stereocenters. The highest BCUT2D eigenvalue weighted by atomic mass is 32.2. The molecular formula is C27H33N5OS. The van der Waals surface area contributed by atoms with Gasteiger partial charge in [-0.05, 0) is 66.5 Å². The Balaban J connectivity index is 2.26. The molecule has 0 bridgehead atoms.